The van der Waals surface area contributed by atoms with Crippen LogP contribution in [0.3, 0.4) is 0 Å². The predicted molar refractivity (Wildman–Crippen MR) is 70.8 cm³/mol. The number of hydrogen-bond donors (Lipinski definition) is 2. The molecular weight excluding hydrogens is 244 g/mol. The third kappa shape index (κ3) is 3.67. The molecule has 3 atom stereocenters. The smallest absolute Gasteiger partial charge is 0.246 e. The second-order valence-electron chi connectivity index (χ2n) is 4.95. The molecule has 1 fully saturated rings. The molecule has 0 bridgehead atoms. The molecule has 2 amide bonds. The van der Waals surface area contributed by atoms with Crippen LogP contribution in [0.5, 0.6) is 0 Å². The van der Waals surface area contributed by atoms with Crippen molar-refractivity contribution in [1.29, 1.82) is 5.26 Å². The first kappa shape index (κ1) is 15.4. The Morgan fingerprint density at radius 3 is 2.79 bits per heavy atom. The number of carbonyl (C=O) groups is 2. The summed E-state index contributed by atoms with van der Waals surface area (Å²) >= 11 is 0. The van der Waals surface area contributed by atoms with Crippen LogP contribution in [0.4, 0.5) is 0 Å². The molecule has 6 nitrogen and oxygen atoms in total. The van der Waals surface area contributed by atoms with E-state index in [0.29, 0.717) is 13.0 Å². The van der Waals surface area contributed by atoms with Crippen molar-refractivity contribution >= 4 is 11.8 Å². The highest BCUT2D eigenvalue weighted by Crippen LogP contribution is 2.20. The molecule has 1 aliphatic rings. The molecule has 0 radical (unpaired) electrons. The Hall–Kier alpha value is -1.61. The number of hydrogen-bond acceptors (Lipinski definition) is 4. The van der Waals surface area contributed by atoms with Crippen LogP contribution >= 0.6 is 0 Å². The van der Waals surface area contributed by atoms with Crippen LogP contribution in [0.2, 0.25) is 0 Å². The van der Waals surface area contributed by atoms with E-state index in [1.54, 1.807) is 4.90 Å². The van der Waals surface area contributed by atoms with E-state index in [0.717, 1.165) is 12.8 Å². The Morgan fingerprint density at radius 1 is 1.58 bits per heavy atom. The van der Waals surface area contributed by atoms with Crippen molar-refractivity contribution in [3.05, 3.63) is 0 Å². The molecule has 0 saturated carbocycles. The van der Waals surface area contributed by atoms with Gasteiger partial charge in [0.2, 0.25) is 11.8 Å². The lowest BCUT2D eigenvalue weighted by atomic mass is 9.97. The maximum atomic E-state index is 12.5. The average molecular weight is 266 g/mol. The first-order valence-corrected chi connectivity index (χ1v) is 6.74. The van der Waals surface area contributed by atoms with Crippen molar-refractivity contribution in [2.75, 3.05) is 13.1 Å². The van der Waals surface area contributed by atoms with Gasteiger partial charge in [-0.05, 0) is 18.8 Å². The summed E-state index contributed by atoms with van der Waals surface area (Å²) in [5.41, 5.74) is 5.28. The molecule has 3 N–H and O–H groups in total. The van der Waals surface area contributed by atoms with Gasteiger partial charge in [0.15, 0.2) is 0 Å². The normalized spacial score (nSPS) is 21.6. The predicted octanol–water partition coefficient (Wildman–Crippen LogP) is -0.00942. The number of nitrogens with one attached hydrogen (secondary N) is 1. The SMILES string of the molecule is CCC(C)[C@H](NC(=O)CN)C(=O)N1CCC[C@H]1C#N. The van der Waals surface area contributed by atoms with Crippen molar-refractivity contribution in [2.24, 2.45) is 11.7 Å². The summed E-state index contributed by atoms with van der Waals surface area (Å²) in [6.07, 6.45) is 2.31. The largest absolute Gasteiger partial charge is 0.343 e. The quantitative estimate of drug-likeness (QED) is 0.731. The zero-order chi connectivity index (χ0) is 14.4. The molecule has 1 aliphatic heterocycles. The van der Waals surface area contributed by atoms with Crippen molar-refractivity contribution in [3.8, 4) is 6.07 Å². The average Bonchev–Trinajstić information content (AvgIpc) is 2.91. The molecule has 19 heavy (non-hydrogen) atoms. The van der Waals surface area contributed by atoms with Crippen LogP contribution in [-0.2, 0) is 9.59 Å². The standard InChI is InChI=1S/C13H22N4O2/c1-3-9(2)12(16-11(18)8-15)13(19)17-6-4-5-10(17)7-14/h9-10,12H,3-6,8,15H2,1-2H3,(H,16,18)/t9?,10-,12-/m0/s1. The van der Waals surface area contributed by atoms with Gasteiger partial charge in [-0.3, -0.25) is 9.59 Å². The highest BCUT2D eigenvalue weighted by molar-refractivity contribution is 5.89. The van der Waals surface area contributed by atoms with Crippen LogP contribution in [0, 0.1) is 17.2 Å². The maximum Gasteiger partial charge on any atom is 0.246 e. The molecule has 1 unspecified atom stereocenters. The molecule has 0 aromatic rings. The highest BCUT2D eigenvalue weighted by atomic mass is 16.2. The summed E-state index contributed by atoms with van der Waals surface area (Å²) in [4.78, 5) is 25.5. The third-order valence-corrected chi connectivity index (χ3v) is 3.67. The van der Waals surface area contributed by atoms with Gasteiger partial charge in [-0.1, -0.05) is 20.3 Å². The molecule has 0 spiro atoms. The van der Waals surface area contributed by atoms with Gasteiger partial charge in [0.1, 0.15) is 12.1 Å². The Bertz CT molecular complexity index is 377. The number of carbonyl (C=O) groups excluding carboxylic acids is 2. The van der Waals surface area contributed by atoms with Crippen LogP contribution in [-0.4, -0.2) is 41.9 Å². The number of nitrogens with zero attached hydrogens (tertiary/aromatic N) is 2. The Labute approximate surface area is 113 Å². The van der Waals surface area contributed by atoms with Crippen LogP contribution < -0.4 is 11.1 Å². The summed E-state index contributed by atoms with van der Waals surface area (Å²) in [6.45, 7) is 4.33. The van der Waals surface area contributed by atoms with E-state index in [2.05, 4.69) is 11.4 Å². The van der Waals surface area contributed by atoms with E-state index in [1.807, 2.05) is 13.8 Å². The topological polar surface area (TPSA) is 99.2 Å². The van der Waals surface area contributed by atoms with Crippen molar-refractivity contribution in [2.45, 2.75) is 45.2 Å². The van der Waals surface area contributed by atoms with Gasteiger partial charge in [0.05, 0.1) is 12.6 Å². The summed E-state index contributed by atoms with van der Waals surface area (Å²) < 4.78 is 0. The molecule has 1 rings (SSSR count). The number of likely N-dealkylation sites (tertiary alicyclic amines) is 1. The lowest BCUT2D eigenvalue weighted by Gasteiger charge is -2.29. The summed E-state index contributed by atoms with van der Waals surface area (Å²) in [7, 11) is 0. The molecule has 1 heterocycles. The fourth-order valence-electron chi connectivity index (χ4n) is 2.26. The van der Waals surface area contributed by atoms with Gasteiger partial charge in [0, 0.05) is 6.54 Å². The monoisotopic (exact) mass is 266 g/mol. The Kier molecular flexibility index (Phi) is 5.77. The second-order valence-corrected chi connectivity index (χ2v) is 4.95. The Morgan fingerprint density at radius 2 is 2.26 bits per heavy atom. The van der Waals surface area contributed by atoms with Crippen molar-refractivity contribution in [3.63, 3.8) is 0 Å². The van der Waals surface area contributed by atoms with Crippen LogP contribution in [0.25, 0.3) is 0 Å². The lowest BCUT2D eigenvalue weighted by molar-refractivity contribution is -0.137. The minimum Gasteiger partial charge on any atom is -0.343 e. The first-order chi connectivity index (χ1) is 9.04. The van der Waals surface area contributed by atoms with E-state index < -0.39 is 6.04 Å². The first-order valence-electron chi connectivity index (χ1n) is 6.74. The summed E-state index contributed by atoms with van der Waals surface area (Å²) in [6, 6.07) is 1.19. The summed E-state index contributed by atoms with van der Waals surface area (Å²) in [5.74, 6) is -0.491. The number of rotatable bonds is 5. The van der Waals surface area contributed by atoms with Gasteiger partial charge in [-0.15, -0.1) is 0 Å². The fraction of sp³-hybridized carbons (Fsp3) is 0.769. The van der Waals surface area contributed by atoms with E-state index >= 15 is 0 Å². The van der Waals surface area contributed by atoms with E-state index in [-0.39, 0.29) is 30.3 Å². The fourth-order valence-corrected chi connectivity index (χ4v) is 2.26. The van der Waals surface area contributed by atoms with Crippen LogP contribution in [0.1, 0.15) is 33.1 Å². The third-order valence-electron chi connectivity index (χ3n) is 3.67. The van der Waals surface area contributed by atoms with E-state index in [9.17, 15) is 9.59 Å². The maximum absolute atomic E-state index is 12.5. The molecule has 106 valence electrons. The number of amides is 2. The second kappa shape index (κ2) is 7.10. The summed E-state index contributed by atoms with van der Waals surface area (Å²) in [5, 5.41) is 11.7. The van der Waals surface area contributed by atoms with Gasteiger partial charge < -0.3 is 16.0 Å². The van der Waals surface area contributed by atoms with Crippen LogP contribution in [0.15, 0.2) is 0 Å². The molecule has 0 aliphatic carbocycles. The van der Waals surface area contributed by atoms with Gasteiger partial charge in [0.25, 0.3) is 0 Å². The molecule has 0 aromatic carbocycles. The lowest BCUT2D eigenvalue weighted by Crippen LogP contribution is -2.53. The van der Waals surface area contributed by atoms with Gasteiger partial charge in [-0.25, -0.2) is 0 Å². The van der Waals surface area contributed by atoms with E-state index in [1.165, 1.54) is 0 Å². The van der Waals surface area contributed by atoms with Crippen molar-refractivity contribution in [1.82, 2.24) is 10.2 Å². The molecule has 1 saturated heterocycles. The minimum absolute atomic E-state index is 0.0166. The zero-order valence-electron chi connectivity index (χ0n) is 11.6. The van der Waals surface area contributed by atoms with Gasteiger partial charge >= 0.3 is 0 Å². The minimum atomic E-state index is -0.588. The van der Waals surface area contributed by atoms with Gasteiger partial charge in [-0.2, -0.15) is 5.26 Å². The Balaban J connectivity index is 2.82. The zero-order valence-corrected chi connectivity index (χ0v) is 11.6. The van der Waals surface area contributed by atoms with E-state index in [4.69, 9.17) is 11.0 Å². The number of nitriles is 1. The molecular formula is C13H22N4O2. The molecule has 6 heteroatoms. The molecule has 0 aromatic heterocycles. The number of nitrogens with two attached hydrogens (primary N) is 1. The van der Waals surface area contributed by atoms with Crippen molar-refractivity contribution < 1.29 is 9.59 Å². The highest BCUT2D eigenvalue weighted by Gasteiger charge is 2.35.